The molecule has 134 valence electrons. The Morgan fingerprint density at radius 2 is 1.62 bits per heavy atom. The predicted octanol–water partition coefficient (Wildman–Crippen LogP) is 3.18. The van der Waals surface area contributed by atoms with Gasteiger partial charge in [-0.15, -0.1) is 0 Å². The second kappa shape index (κ2) is 7.17. The van der Waals surface area contributed by atoms with Crippen LogP contribution < -0.4 is 10.1 Å². The van der Waals surface area contributed by atoms with Crippen LogP contribution in [0.15, 0.2) is 65.6 Å². The van der Waals surface area contributed by atoms with Crippen molar-refractivity contribution in [2.45, 2.75) is 11.4 Å². The van der Waals surface area contributed by atoms with E-state index in [1.54, 1.807) is 7.11 Å². The summed E-state index contributed by atoms with van der Waals surface area (Å²) in [5, 5.41) is 4.98. The molecule has 0 unspecified atom stereocenters. The van der Waals surface area contributed by atoms with E-state index in [1.165, 1.54) is 24.3 Å². The van der Waals surface area contributed by atoms with Crippen molar-refractivity contribution in [2.75, 3.05) is 13.4 Å². The molecule has 3 rings (SSSR count). The van der Waals surface area contributed by atoms with Crippen molar-refractivity contribution < 1.29 is 17.9 Å². The van der Waals surface area contributed by atoms with Crippen LogP contribution >= 0.6 is 0 Å². The minimum Gasteiger partial charge on any atom is -0.497 e. The summed E-state index contributed by atoms with van der Waals surface area (Å²) < 4.78 is 28.1. The van der Waals surface area contributed by atoms with E-state index in [4.69, 9.17) is 4.74 Å². The Bertz CT molecular complexity index is 1060. The smallest absolute Gasteiger partial charge is 0.251 e. The first-order valence-electron chi connectivity index (χ1n) is 8.02. The number of methoxy groups -OCH3 is 1. The Hall–Kier alpha value is -2.86. The molecule has 0 aliphatic heterocycles. The van der Waals surface area contributed by atoms with Gasteiger partial charge in [-0.2, -0.15) is 0 Å². The summed E-state index contributed by atoms with van der Waals surface area (Å²) in [6, 6.07) is 17.7. The van der Waals surface area contributed by atoms with E-state index in [1.807, 2.05) is 36.4 Å². The van der Waals surface area contributed by atoms with Crippen molar-refractivity contribution in [3.8, 4) is 5.75 Å². The minimum absolute atomic E-state index is 0.194. The molecule has 3 aromatic rings. The van der Waals surface area contributed by atoms with E-state index in [2.05, 4.69) is 5.32 Å². The van der Waals surface area contributed by atoms with Crippen LogP contribution in [0.2, 0.25) is 0 Å². The maximum Gasteiger partial charge on any atom is 0.251 e. The zero-order chi connectivity index (χ0) is 18.7. The average Bonchev–Trinajstić information content (AvgIpc) is 2.65. The molecule has 5 nitrogen and oxygen atoms in total. The van der Waals surface area contributed by atoms with Crippen molar-refractivity contribution in [1.29, 1.82) is 0 Å². The van der Waals surface area contributed by atoms with E-state index in [0.717, 1.165) is 28.3 Å². The number of sulfone groups is 1. The molecule has 0 radical (unpaired) electrons. The standard InChI is InChI=1S/C20H19NO4S/c1-25-18-8-5-16-11-14(3-4-17(16)12-18)13-21-20(22)15-6-9-19(10-7-15)26(2,23)24/h3-12H,13H2,1-2H3,(H,21,22). The van der Waals surface area contributed by atoms with Crippen LogP contribution in [-0.4, -0.2) is 27.7 Å². The SMILES string of the molecule is COc1ccc2cc(CNC(=O)c3ccc(S(C)(=O)=O)cc3)ccc2c1. The summed E-state index contributed by atoms with van der Waals surface area (Å²) in [7, 11) is -1.63. The molecule has 0 aliphatic rings. The number of hydrogen-bond acceptors (Lipinski definition) is 4. The molecule has 0 spiro atoms. The summed E-state index contributed by atoms with van der Waals surface area (Å²) in [5.41, 5.74) is 1.40. The van der Waals surface area contributed by atoms with Gasteiger partial charge in [-0.25, -0.2) is 8.42 Å². The van der Waals surface area contributed by atoms with Crippen LogP contribution in [-0.2, 0) is 16.4 Å². The van der Waals surface area contributed by atoms with Crippen molar-refractivity contribution >= 4 is 26.5 Å². The maximum atomic E-state index is 12.2. The molecule has 26 heavy (non-hydrogen) atoms. The zero-order valence-electron chi connectivity index (χ0n) is 14.5. The van der Waals surface area contributed by atoms with Gasteiger partial charge in [-0.05, 0) is 58.8 Å². The van der Waals surface area contributed by atoms with Crippen LogP contribution in [0.1, 0.15) is 15.9 Å². The van der Waals surface area contributed by atoms with Gasteiger partial charge in [-0.1, -0.05) is 18.2 Å². The van der Waals surface area contributed by atoms with E-state index in [-0.39, 0.29) is 10.8 Å². The highest BCUT2D eigenvalue weighted by Gasteiger charge is 2.10. The van der Waals surface area contributed by atoms with Crippen LogP contribution in [0.5, 0.6) is 5.75 Å². The molecule has 0 saturated heterocycles. The first-order chi connectivity index (χ1) is 12.4. The molecule has 0 fully saturated rings. The lowest BCUT2D eigenvalue weighted by molar-refractivity contribution is 0.0951. The number of rotatable bonds is 5. The molecule has 6 heteroatoms. The van der Waals surface area contributed by atoms with Crippen LogP contribution in [0, 0.1) is 0 Å². The van der Waals surface area contributed by atoms with Crippen LogP contribution in [0.25, 0.3) is 10.8 Å². The van der Waals surface area contributed by atoms with Gasteiger partial charge in [0.25, 0.3) is 5.91 Å². The van der Waals surface area contributed by atoms with Gasteiger partial charge in [0.15, 0.2) is 9.84 Å². The summed E-state index contributed by atoms with van der Waals surface area (Å²) in [6.07, 6.45) is 1.14. The quantitative estimate of drug-likeness (QED) is 0.750. The zero-order valence-corrected chi connectivity index (χ0v) is 15.3. The highest BCUT2D eigenvalue weighted by atomic mass is 32.2. The topological polar surface area (TPSA) is 72.5 Å². The van der Waals surface area contributed by atoms with Gasteiger partial charge in [0.05, 0.1) is 12.0 Å². The predicted molar refractivity (Wildman–Crippen MR) is 101 cm³/mol. The largest absolute Gasteiger partial charge is 0.497 e. The molecular weight excluding hydrogens is 350 g/mol. The summed E-state index contributed by atoms with van der Waals surface area (Å²) in [6.45, 7) is 0.384. The van der Waals surface area contributed by atoms with Crippen molar-refractivity contribution in [3.05, 3.63) is 71.8 Å². The number of carbonyl (C=O) groups excluding carboxylic acids is 1. The van der Waals surface area contributed by atoms with E-state index >= 15 is 0 Å². The fourth-order valence-corrected chi connectivity index (χ4v) is 3.28. The van der Waals surface area contributed by atoms with Gasteiger partial charge in [-0.3, -0.25) is 4.79 Å². The van der Waals surface area contributed by atoms with Gasteiger partial charge in [0.2, 0.25) is 0 Å². The van der Waals surface area contributed by atoms with Gasteiger partial charge in [0, 0.05) is 18.4 Å². The van der Waals surface area contributed by atoms with Crippen molar-refractivity contribution in [2.24, 2.45) is 0 Å². The Balaban J connectivity index is 1.70. The molecule has 3 aromatic carbocycles. The van der Waals surface area contributed by atoms with Crippen molar-refractivity contribution in [3.63, 3.8) is 0 Å². The molecule has 0 aliphatic carbocycles. The fourth-order valence-electron chi connectivity index (χ4n) is 2.65. The Labute approximate surface area is 152 Å². The molecular formula is C20H19NO4S. The molecule has 0 saturated carbocycles. The van der Waals surface area contributed by atoms with E-state index in [0.29, 0.717) is 12.1 Å². The van der Waals surface area contributed by atoms with Gasteiger partial charge >= 0.3 is 0 Å². The normalized spacial score (nSPS) is 11.3. The number of carbonyl (C=O) groups is 1. The second-order valence-electron chi connectivity index (χ2n) is 6.03. The number of fused-ring (bicyclic) bond motifs is 1. The Morgan fingerprint density at radius 1 is 0.962 bits per heavy atom. The lowest BCUT2D eigenvalue weighted by Crippen LogP contribution is -2.22. The number of benzene rings is 3. The Morgan fingerprint density at radius 3 is 2.27 bits per heavy atom. The van der Waals surface area contributed by atoms with Gasteiger partial charge < -0.3 is 10.1 Å². The monoisotopic (exact) mass is 369 g/mol. The summed E-state index contributed by atoms with van der Waals surface area (Å²) in [5.74, 6) is 0.552. The van der Waals surface area contributed by atoms with E-state index < -0.39 is 9.84 Å². The molecule has 0 bridgehead atoms. The third-order valence-electron chi connectivity index (χ3n) is 4.11. The number of hydrogen-bond donors (Lipinski definition) is 1. The van der Waals surface area contributed by atoms with Crippen LogP contribution in [0.3, 0.4) is 0 Å². The first kappa shape index (κ1) is 17.9. The van der Waals surface area contributed by atoms with Gasteiger partial charge in [0.1, 0.15) is 5.75 Å². The number of ether oxygens (including phenoxy) is 1. The second-order valence-corrected chi connectivity index (χ2v) is 8.04. The van der Waals surface area contributed by atoms with E-state index in [9.17, 15) is 13.2 Å². The maximum absolute atomic E-state index is 12.2. The first-order valence-corrected chi connectivity index (χ1v) is 9.91. The average molecular weight is 369 g/mol. The molecule has 0 atom stereocenters. The number of amides is 1. The molecule has 0 heterocycles. The third kappa shape index (κ3) is 4.03. The summed E-state index contributed by atoms with van der Waals surface area (Å²) in [4.78, 5) is 12.4. The number of nitrogens with one attached hydrogen (secondary N) is 1. The van der Waals surface area contributed by atoms with Crippen LogP contribution in [0.4, 0.5) is 0 Å². The molecule has 0 aromatic heterocycles. The molecule has 1 N–H and O–H groups in total. The van der Waals surface area contributed by atoms with Crippen molar-refractivity contribution in [1.82, 2.24) is 5.32 Å². The summed E-state index contributed by atoms with van der Waals surface area (Å²) >= 11 is 0. The Kier molecular flexibility index (Phi) is 4.95. The highest BCUT2D eigenvalue weighted by molar-refractivity contribution is 7.90. The fraction of sp³-hybridized carbons (Fsp3) is 0.150. The highest BCUT2D eigenvalue weighted by Crippen LogP contribution is 2.22. The minimum atomic E-state index is -3.27. The third-order valence-corrected chi connectivity index (χ3v) is 5.24. The molecule has 1 amide bonds. The lowest BCUT2D eigenvalue weighted by Gasteiger charge is -2.08. The lowest BCUT2D eigenvalue weighted by atomic mass is 10.1.